The maximum atomic E-state index is 12.5. The molecule has 1 amide bonds. The zero-order valence-electron chi connectivity index (χ0n) is 11.6. The third-order valence-electron chi connectivity index (χ3n) is 3.31. The average Bonchev–Trinajstić information content (AvgIpc) is 3.14. The standard InChI is InChI=1S/C14H17N3O4/c18-6-5-16(10-11-3-1-7-20-11)14(19)12-9-13-17(15-12)4-2-8-21-13/h1,3,7,9,18H,2,4-6,8,10H2. The predicted octanol–water partition coefficient (Wildman–Crippen LogP) is 0.893. The molecule has 3 rings (SSSR count). The number of amides is 1. The lowest BCUT2D eigenvalue weighted by molar-refractivity contribution is 0.0688. The minimum absolute atomic E-state index is 0.115. The number of aliphatic hydroxyl groups is 1. The van der Waals surface area contributed by atoms with Gasteiger partial charge in [0, 0.05) is 25.6 Å². The van der Waals surface area contributed by atoms with Crippen LogP contribution >= 0.6 is 0 Å². The molecule has 1 aliphatic heterocycles. The highest BCUT2D eigenvalue weighted by Gasteiger charge is 2.23. The molecule has 0 atom stereocenters. The molecule has 1 aliphatic rings. The van der Waals surface area contributed by atoms with Gasteiger partial charge in [0.1, 0.15) is 5.76 Å². The Morgan fingerprint density at radius 1 is 1.52 bits per heavy atom. The Hall–Kier alpha value is -2.28. The van der Waals surface area contributed by atoms with E-state index in [2.05, 4.69) is 5.10 Å². The van der Waals surface area contributed by atoms with Gasteiger partial charge in [-0.1, -0.05) is 0 Å². The van der Waals surface area contributed by atoms with Crippen LogP contribution in [0.2, 0.25) is 0 Å². The Bertz CT molecular complexity index is 582. The van der Waals surface area contributed by atoms with Crippen molar-refractivity contribution in [1.29, 1.82) is 0 Å². The highest BCUT2D eigenvalue weighted by Crippen LogP contribution is 2.20. The summed E-state index contributed by atoms with van der Waals surface area (Å²) in [5.41, 5.74) is 0.326. The molecule has 0 bridgehead atoms. The van der Waals surface area contributed by atoms with Crippen LogP contribution < -0.4 is 4.74 Å². The number of carbonyl (C=O) groups is 1. The lowest BCUT2D eigenvalue weighted by atomic mass is 10.3. The van der Waals surface area contributed by atoms with E-state index in [9.17, 15) is 4.79 Å². The number of rotatable bonds is 5. The molecular weight excluding hydrogens is 274 g/mol. The minimum atomic E-state index is -0.244. The van der Waals surface area contributed by atoms with Crippen LogP contribution in [0.4, 0.5) is 0 Å². The van der Waals surface area contributed by atoms with Crippen molar-refractivity contribution < 1.29 is 19.1 Å². The van der Waals surface area contributed by atoms with Gasteiger partial charge in [0.05, 0.1) is 26.0 Å². The summed E-state index contributed by atoms with van der Waals surface area (Å²) < 4.78 is 12.4. The van der Waals surface area contributed by atoms with Crippen LogP contribution in [0.3, 0.4) is 0 Å². The summed E-state index contributed by atoms with van der Waals surface area (Å²) in [6.07, 6.45) is 2.44. The fraction of sp³-hybridized carbons (Fsp3) is 0.429. The highest BCUT2D eigenvalue weighted by molar-refractivity contribution is 5.92. The van der Waals surface area contributed by atoms with E-state index in [0.717, 1.165) is 13.0 Å². The van der Waals surface area contributed by atoms with Crippen molar-refractivity contribution in [3.05, 3.63) is 35.9 Å². The van der Waals surface area contributed by atoms with Gasteiger partial charge in [0.15, 0.2) is 5.69 Å². The normalized spacial score (nSPS) is 13.6. The predicted molar refractivity (Wildman–Crippen MR) is 72.9 cm³/mol. The number of aliphatic hydroxyl groups excluding tert-OH is 1. The Balaban J connectivity index is 1.78. The van der Waals surface area contributed by atoms with Crippen LogP contribution in [0.25, 0.3) is 0 Å². The van der Waals surface area contributed by atoms with E-state index in [-0.39, 0.29) is 19.1 Å². The largest absolute Gasteiger partial charge is 0.478 e. The smallest absolute Gasteiger partial charge is 0.274 e. The SMILES string of the molecule is O=C(c1cc2n(n1)CCCO2)N(CCO)Cc1ccco1. The van der Waals surface area contributed by atoms with Gasteiger partial charge >= 0.3 is 0 Å². The first kappa shape index (κ1) is 13.7. The van der Waals surface area contributed by atoms with Gasteiger partial charge in [0.25, 0.3) is 5.91 Å². The second-order valence-corrected chi connectivity index (χ2v) is 4.82. The zero-order chi connectivity index (χ0) is 14.7. The number of furan rings is 1. The number of hydrogen-bond acceptors (Lipinski definition) is 5. The molecule has 0 fully saturated rings. The Morgan fingerprint density at radius 3 is 3.14 bits per heavy atom. The average molecular weight is 291 g/mol. The van der Waals surface area contributed by atoms with E-state index in [1.54, 1.807) is 29.1 Å². The Labute approximate surface area is 121 Å². The number of aromatic nitrogens is 2. The quantitative estimate of drug-likeness (QED) is 0.885. The van der Waals surface area contributed by atoms with Crippen molar-refractivity contribution in [2.75, 3.05) is 19.8 Å². The van der Waals surface area contributed by atoms with E-state index in [0.29, 0.717) is 30.5 Å². The number of nitrogens with zero attached hydrogens (tertiary/aromatic N) is 3. The first-order valence-corrected chi connectivity index (χ1v) is 6.91. The lowest BCUT2D eigenvalue weighted by Gasteiger charge is -2.19. The summed E-state index contributed by atoms with van der Waals surface area (Å²) in [6, 6.07) is 5.20. The summed E-state index contributed by atoms with van der Waals surface area (Å²) in [6.45, 7) is 1.81. The van der Waals surface area contributed by atoms with Crippen LogP contribution in [0, 0.1) is 0 Å². The van der Waals surface area contributed by atoms with Crippen LogP contribution in [0.5, 0.6) is 5.88 Å². The molecule has 1 N–H and O–H groups in total. The summed E-state index contributed by atoms with van der Waals surface area (Å²) >= 11 is 0. The monoisotopic (exact) mass is 291 g/mol. The van der Waals surface area contributed by atoms with Crippen LogP contribution in [0.15, 0.2) is 28.9 Å². The Kier molecular flexibility index (Phi) is 3.92. The fourth-order valence-corrected chi connectivity index (χ4v) is 2.30. The first-order valence-electron chi connectivity index (χ1n) is 6.91. The minimum Gasteiger partial charge on any atom is -0.478 e. The molecule has 2 aromatic rings. The topological polar surface area (TPSA) is 80.7 Å². The molecule has 2 aromatic heterocycles. The maximum Gasteiger partial charge on any atom is 0.274 e. The molecule has 0 saturated heterocycles. The number of fused-ring (bicyclic) bond motifs is 1. The van der Waals surface area contributed by atoms with Gasteiger partial charge in [-0.15, -0.1) is 0 Å². The van der Waals surface area contributed by atoms with Gasteiger partial charge in [-0.05, 0) is 12.1 Å². The molecule has 0 aromatic carbocycles. The molecule has 0 spiro atoms. The lowest BCUT2D eigenvalue weighted by Crippen LogP contribution is -2.33. The third-order valence-corrected chi connectivity index (χ3v) is 3.31. The molecule has 0 radical (unpaired) electrons. The maximum absolute atomic E-state index is 12.5. The van der Waals surface area contributed by atoms with Gasteiger partial charge < -0.3 is 19.2 Å². The van der Waals surface area contributed by atoms with Crippen molar-refractivity contribution in [2.24, 2.45) is 0 Å². The molecule has 0 aliphatic carbocycles. The van der Waals surface area contributed by atoms with Crippen molar-refractivity contribution in [3.63, 3.8) is 0 Å². The van der Waals surface area contributed by atoms with E-state index >= 15 is 0 Å². The number of aryl methyl sites for hydroxylation is 1. The fourth-order valence-electron chi connectivity index (χ4n) is 2.30. The van der Waals surface area contributed by atoms with Crippen molar-refractivity contribution in [2.45, 2.75) is 19.5 Å². The van der Waals surface area contributed by atoms with E-state index in [1.165, 1.54) is 4.90 Å². The van der Waals surface area contributed by atoms with Gasteiger partial charge in [-0.3, -0.25) is 4.79 Å². The molecule has 112 valence electrons. The van der Waals surface area contributed by atoms with Gasteiger partial charge in [-0.2, -0.15) is 5.10 Å². The van der Waals surface area contributed by atoms with Crippen LogP contribution in [-0.2, 0) is 13.1 Å². The second-order valence-electron chi connectivity index (χ2n) is 4.82. The molecule has 3 heterocycles. The summed E-state index contributed by atoms with van der Waals surface area (Å²) in [5, 5.41) is 13.4. The summed E-state index contributed by atoms with van der Waals surface area (Å²) in [5.74, 6) is 1.04. The molecule has 0 unspecified atom stereocenters. The summed E-state index contributed by atoms with van der Waals surface area (Å²) in [7, 11) is 0. The Morgan fingerprint density at radius 2 is 2.43 bits per heavy atom. The number of hydrogen-bond donors (Lipinski definition) is 1. The van der Waals surface area contributed by atoms with E-state index < -0.39 is 0 Å². The third kappa shape index (κ3) is 2.92. The first-order chi connectivity index (χ1) is 10.3. The summed E-state index contributed by atoms with van der Waals surface area (Å²) in [4.78, 5) is 14.0. The second kappa shape index (κ2) is 6.01. The van der Waals surface area contributed by atoms with E-state index in [4.69, 9.17) is 14.3 Å². The van der Waals surface area contributed by atoms with Gasteiger partial charge in [0.2, 0.25) is 5.88 Å². The molecular formula is C14H17N3O4. The number of carbonyl (C=O) groups excluding carboxylic acids is 1. The van der Waals surface area contributed by atoms with Crippen LogP contribution in [0.1, 0.15) is 22.7 Å². The number of ether oxygens (including phenoxy) is 1. The molecule has 0 saturated carbocycles. The highest BCUT2D eigenvalue weighted by atomic mass is 16.5. The van der Waals surface area contributed by atoms with Crippen molar-refractivity contribution >= 4 is 5.91 Å². The molecule has 21 heavy (non-hydrogen) atoms. The van der Waals surface area contributed by atoms with Crippen LogP contribution in [-0.4, -0.2) is 45.5 Å². The molecule has 7 heteroatoms. The van der Waals surface area contributed by atoms with Gasteiger partial charge in [-0.25, -0.2) is 4.68 Å². The van der Waals surface area contributed by atoms with Crippen molar-refractivity contribution in [3.8, 4) is 5.88 Å². The molecule has 7 nitrogen and oxygen atoms in total. The zero-order valence-corrected chi connectivity index (χ0v) is 11.6. The van der Waals surface area contributed by atoms with Crippen molar-refractivity contribution in [1.82, 2.24) is 14.7 Å². The van der Waals surface area contributed by atoms with E-state index in [1.807, 2.05) is 0 Å².